The lowest BCUT2D eigenvalue weighted by Gasteiger charge is -2.20. The average molecular weight is 253 g/mol. The molecule has 0 saturated carbocycles. The van der Waals surface area contributed by atoms with Crippen LogP contribution < -0.4 is 0 Å². The highest BCUT2D eigenvalue weighted by molar-refractivity contribution is 6.33. The summed E-state index contributed by atoms with van der Waals surface area (Å²) in [4.78, 5) is 4.39. The largest absolute Gasteiger partial charge is 0.506 e. The number of halogens is 1. The van der Waals surface area contributed by atoms with Crippen LogP contribution in [0.4, 0.5) is 0 Å². The quantitative estimate of drug-likeness (QED) is 0.849. The zero-order valence-electron chi connectivity index (χ0n) is 9.27. The fourth-order valence-corrected chi connectivity index (χ4v) is 2.62. The topological polar surface area (TPSA) is 46.8 Å². The van der Waals surface area contributed by atoms with E-state index >= 15 is 0 Å². The van der Waals surface area contributed by atoms with Crippen molar-refractivity contribution in [2.45, 2.75) is 18.8 Å². The van der Waals surface area contributed by atoms with Crippen LogP contribution in [0.1, 0.15) is 24.6 Å². The van der Waals surface area contributed by atoms with Gasteiger partial charge in [-0.25, -0.2) is 4.98 Å². The maximum atomic E-state index is 9.79. The van der Waals surface area contributed by atoms with E-state index in [1.54, 1.807) is 12.1 Å². The first-order chi connectivity index (χ1) is 8.27. The molecule has 0 aliphatic carbocycles. The predicted molar refractivity (Wildman–Crippen MR) is 64.7 cm³/mol. The van der Waals surface area contributed by atoms with Gasteiger partial charge in [0.2, 0.25) is 0 Å². The van der Waals surface area contributed by atoms with Crippen LogP contribution in [0.25, 0.3) is 5.52 Å². The third kappa shape index (κ3) is 1.77. The Kier molecular flexibility index (Phi) is 2.68. The van der Waals surface area contributed by atoms with Gasteiger partial charge in [0.1, 0.15) is 17.1 Å². The second-order valence-electron chi connectivity index (χ2n) is 4.26. The molecule has 0 amide bonds. The molecular formula is C12H13ClN2O2. The van der Waals surface area contributed by atoms with Crippen LogP contribution in [0.2, 0.25) is 5.15 Å². The van der Waals surface area contributed by atoms with Crippen molar-refractivity contribution in [3.05, 3.63) is 29.3 Å². The molecule has 5 heteroatoms. The fraction of sp³-hybridized carbons (Fsp3) is 0.417. The highest BCUT2D eigenvalue weighted by Crippen LogP contribution is 2.33. The third-order valence-corrected chi connectivity index (χ3v) is 3.48. The van der Waals surface area contributed by atoms with Gasteiger partial charge < -0.3 is 9.84 Å². The van der Waals surface area contributed by atoms with Gasteiger partial charge in [-0.2, -0.15) is 0 Å². The number of nitrogens with zero attached hydrogens (tertiary/aromatic N) is 2. The van der Waals surface area contributed by atoms with E-state index in [1.165, 1.54) is 0 Å². The van der Waals surface area contributed by atoms with Crippen molar-refractivity contribution in [1.29, 1.82) is 0 Å². The lowest BCUT2D eigenvalue weighted by atomic mass is 10.00. The summed E-state index contributed by atoms with van der Waals surface area (Å²) >= 11 is 6.08. The number of hydrogen-bond acceptors (Lipinski definition) is 3. The summed E-state index contributed by atoms with van der Waals surface area (Å²) < 4.78 is 7.23. The molecule has 2 aromatic rings. The van der Waals surface area contributed by atoms with Crippen LogP contribution in [-0.4, -0.2) is 27.7 Å². The maximum Gasteiger partial charge on any atom is 0.158 e. The van der Waals surface area contributed by atoms with Gasteiger partial charge in [0.15, 0.2) is 5.15 Å². The van der Waals surface area contributed by atoms with E-state index in [4.69, 9.17) is 16.3 Å². The molecule has 0 radical (unpaired) electrons. The van der Waals surface area contributed by atoms with E-state index in [2.05, 4.69) is 4.98 Å². The van der Waals surface area contributed by atoms with Crippen LogP contribution in [0, 0.1) is 0 Å². The minimum absolute atomic E-state index is 0.170. The van der Waals surface area contributed by atoms with Gasteiger partial charge in [0.25, 0.3) is 0 Å². The van der Waals surface area contributed by atoms with Crippen LogP contribution in [-0.2, 0) is 4.74 Å². The van der Waals surface area contributed by atoms with Gasteiger partial charge in [-0.1, -0.05) is 11.6 Å². The fourth-order valence-electron chi connectivity index (χ4n) is 2.34. The average Bonchev–Trinajstić information content (AvgIpc) is 2.69. The zero-order valence-corrected chi connectivity index (χ0v) is 10.0. The van der Waals surface area contributed by atoms with Crippen molar-refractivity contribution in [2.24, 2.45) is 0 Å². The molecular weight excluding hydrogens is 240 g/mol. The van der Waals surface area contributed by atoms with Crippen LogP contribution in [0.3, 0.4) is 0 Å². The molecule has 17 heavy (non-hydrogen) atoms. The van der Waals surface area contributed by atoms with Crippen molar-refractivity contribution < 1.29 is 9.84 Å². The second-order valence-corrected chi connectivity index (χ2v) is 4.62. The first kappa shape index (κ1) is 10.9. The highest BCUT2D eigenvalue weighted by Gasteiger charge is 2.22. The number of ether oxygens (including phenoxy) is 1. The van der Waals surface area contributed by atoms with E-state index in [1.807, 2.05) is 10.6 Å². The summed E-state index contributed by atoms with van der Waals surface area (Å²) in [5.41, 5.74) is 0.593. The minimum atomic E-state index is 0.170. The summed E-state index contributed by atoms with van der Waals surface area (Å²) in [5, 5.41) is 10.2. The van der Waals surface area contributed by atoms with Crippen molar-refractivity contribution in [2.75, 3.05) is 13.2 Å². The Morgan fingerprint density at radius 3 is 2.94 bits per heavy atom. The molecule has 0 aromatic carbocycles. The Hall–Kier alpha value is -1.26. The van der Waals surface area contributed by atoms with Gasteiger partial charge in [-0.15, -0.1) is 0 Å². The molecule has 1 fully saturated rings. The molecule has 90 valence electrons. The molecule has 1 saturated heterocycles. The molecule has 4 nitrogen and oxygen atoms in total. The van der Waals surface area contributed by atoms with E-state index in [9.17, 15) is 5.11 Å². The number of hydrogen-bond donors (Lipinski definition) is 1. The summed E-state index contributed by atoms with van der Waals surface area (Å²) in [5.74, 6) is 1.44. The second kappa shape index (κ2) is 4.20. The number of pyridine rings is 1. The molecule has 3 rings (SSSR count). The van der Waals surface area contributed by atoms with Crippen molar-refractivity contribution in [1.82, 2.24) is 9.38 Å². The maximum absolute atomic E-state index is 9.79. The highest BCUT2D eigenvalue weighted by atomic mass is 35.5. The molecule has 2 aromatic heterocycles. The monoisotopic (exact) mass is 252 g/mol. The Labute approximate surface area is 104 Å². The Balaban J connectivity index is 2.13. The molecule has 1 aliphatic heterocycles. The van der Waals surface area contributed by atoms with Crippen molar-refractivity contribution in [3.63, 3.8) is 0 Å². The predicted octanol–water partition coefficient (Wildman–Crippen LogP) is 2.59. The Morgan fingerprint density at radius 2 is 2.18 bits per heavy atom. The van der Waals surface area contributed by atoms with Crippen molar-refractivity contribution >= 4 is 17.1 Å². The first-order valence-electron chi connectivity index (χ1n) is 5.70. The number of imidazole rings is 1. The lowest BCUT2D eigenvalue weighted by Crippen LogP contribution is -2.16. The summed E-state index contributed by atoms with van der Waals surface area (Å²) in [7, 11) is 0. The third-order valence-electron chi connectivity index (χ3n) is 3.21. The van der Waals surface area contributed by atoms with E-state index in [0.29, 0.717) is 16.6 Å². The van der Waals surface area contributed by atoms with Crippen LogP contribution in [0.15, 0.2) is 18.3 Å². The molecule has 1 N–H and O–H groups in total. The standard InChI is InChI=1S/C12H13ClN2O2/c13-11-10-9(16)2-1-5-15(10)12(14-11)8-3-6-17-7-4-8/h1-2,5,8,16H,3-4,6-7H2. The van der Waals surface area contributed by atoms with Gasteiger partial charge in [-0.05, 0) is 25.0 Å². The first-order valence-corrected chi connectivity index (χ1v) is 6.08. The number of aromatic hydroxyl groups is 1. The molecule has 0 atom stereocenters. The Morgan fingerprint density at radius 1 is 1.41 bits per heavy atom. The Bertz CT molecular complexity index is 547. The van der Waals surface area contributed by atoms with Gasteiger partial charge in [0.05, 0.1) is 0 Å². The normalized spacial score (nSPS) is 17.7. The van der Waals surface area contributed by atoms with Gasteiger partial charge in [-0.3, -0.25) is 4.40 Å². The SMILES string of the molecule is Oc1cccn2c(C3CCOCC3)nc(Cl)c12. The van der Waals surface area contributed by atoms with Gasteiger partial charge in [0, 0.05) is 25.3 Å². The molecule has 0 unspecified atom stereocenters. The van der Waals surface area contributed by atoms with E-state index in [0.717, 1.165) is 31.9 Å². The summed E-state index contributed by atoms with van der Waals surface area (Å²) in [6.07, 6.45) is 3.79. The molecule has 3 heterocycles. The minimum Gasteiger partial charge on any atom is -0.506 e. The summed E-state index contributed by atoms with van der Waals surface area (Å²) in [6, 6.07) is 3.42. The molecule has 1 aliphatic rings. The van der Waals surface area contributed by atoms with E-state index in [-0.39, 0.29) is 5.75 Å². The molecule has 0 spiro atoms. The van der Waals surface area contributed by atoms with Gasteiger partial charge >= 0.3 is 0 Å². The summed E-state index contributed by atoms with van der Waals surface area (Å²) in [6.45, 7) is 1.52. The van der Waals surface area contributed by atoms with Crippen LogP contribution in [0.5, 0.6) is 5.75 Å². The number of fused-ring (bicyclic) bond motifs is 1. The van der Waals surface area contributed by atoms with Crippen LogP contribution >= 0.6 is 11.6 Å². The molecule has 0 bridgehead atoms. The van der Waals surface area contributed by atoms with Crippen molar-refractivity contribution in [3.8, 4) is 5.75 Å². The smallest absolute Gasteiger partial charge is 0.158 e. The zero-order chi connectivity index (χ0) is 11.8. The van der Waals surface area contributed by atoms with E-state index < -0.39 is 0 Å². The number of rotatable bonds is 1. The number of aromatic nitrogens is 2. The lowest BCUT2D eigenvalue weighted by molar-refractivity contribution is 0.0835.